The topological polar surface area (TPSA) is 30.5 Å². The zero-order chi connectivity index (χ0) is 15.2. The summed E-state index contributed by atoms with van der Waals surface area (Å²) in [6, 6.07) is 12.5. The number of para-hydroxylation sites is 1. The minimum atomic E-state index is -0.350. The molecule has 112 valence electrons. The molecular formula is C17H20FNO2. The van der Waals surface area contributed by atoms with Crippen LogP contribution in [-0.4, -0.2) is 20.8 Å². The zero-order valence-corrected chi connectivity index (χ0v) is 12.5. The minimum Gasteiger partial charge on any atom is -0.496 e. The molecule has 0 spiro atoms. The quantitative estimate of drug-likeness (QED) is 0.882. The first-order chi connectivity index (χ1) is 10.2. The van der Waals surface area contributed by atoms with E-state index in [1.54, 1.807) is 25.3 Å². The maximum atomic E-state index is 14.6. The largest absolute Gasteiger partial charge is 0.496 e. The highest BCUT2D eigenvalue weighted by atomic mass is 19.1. The SMILES string of the molecule is CCNC(c1ccccc1OC)c1cccc(OC)c1F. The average molecular weight is 289 g/mol. The van der Waals surface area contributed by atoms with Gasteiger partial charge in [0.1, 0.15) is 5.75 Å². The van der Waals surface area contributed by atoms with Gasteiger partial charge in [-0.1, -0.05) is 37.3 Å². The van der Waals surface area contributed by atoms with E-state index in [1.165, 1.54) is 7.11 Å². The highest BCUT2D eigenvalue weighted by Crippen LogP contribution is 2.33. The van der Waals surface area contributed by atoms with Gasteiger partial charge in [0.15, 0.2) is 11.6 Å². The second-order valence-electron chi connectivity index (χ2n) is 4.60. The lowest BCUT2D eigenvalue weighted by atomic mass is 9.97. The molecule has 0 saturated carbocycles. The van der Waals surface area contributed by atoms with E-state index in [-0.39, 0.29) is 17.6 Å². The van der Waals surface area contributed by atoms with E-state index < -0.39 is 0 Å². The Morgan fingerprint density at radius 2 is 1.57 bits per heavy atom. The van der Waals surface area contributed by atoms with Gasteiger partial charge in [0, 0.05) is 11.1 Å². The van der Waals surface area contributed by atoms with Crippen LogP contribution >= 0.6 is 0 Å². The molecule has 1 atom stereocenters. The highest BCUT2D eigenvalue weighted by Gasteiger charge is 2.22. The molecule has 2 aromatic rings. The van der Waals surface area contributed by atoms with Crippen molar-refractivity contribution < 1.29 is 13.9 Å². The molecule has 0 heterocycles. The summed E-state index contributed by atoms with van der Waals surface area (Å²) in [6.07, 6.45) is 0. The van der Waals surface area contributed by atoms with Crippen LogP contribution in [0.15, 0.2) is 42.5 Å². The van der Waals surface area contributed by atoms with Crippen molar-refractivity contribution in [1.29, 1.82) is 0 Å². The van der Waals surface area contributed by atoms with E-state index in [0.29, 0.717) is 12.1 Å². The fraction of sp³-hybridized carbons (Fsp3) is 0.294. The molecule has 0 radical (unpaired) electrons. The fourth-order valence-corrected chi connectivity index (χ4v) is 2.40. The molecule has 1 N–H and O–H groups in total. The summed E-state index contributed by atoms with van der Waals surface area (Å²) in [5, 5.41) is 3.31. The second-order valence-corrected chi connectivity index (χ2v) is 4.60. The van der Waals surface area contributed by atoms with E-state index in [2.05, 4.69) is 5.32 Å². The Labute approximate surface area is 124 Å². The van der Waals surface area contributed by atoms with Crippen LogP contribution < -0.4 is 14.8 Å². The highest BCUT2D eigenvalue weighted by molar-refractivity contribution is 5.44. The molecule has 0 aliphatic rings. The predicted molar refractivity (Wildman–Crippen MR) is 81.5 cm³/mol. The number of benzene rings is 2. The van der Waals surface area contributed by atoms with Crippen LogP contribution in [0.1, 0.15) is 24.1 Å². The van der Waals surface area contributed by atoms with E-state index in [4.69, 9.17) is 9.47 Å². The number of hydrogen-bond acceptors (Lipinski definition) is 3. The van der Waals surface area contributed by atoms with Crippen LogP contribution in [0.3, 0.4) is 0 Å². The van der Waals surface area contributed by atoms with Gasteiger partial charge in [-0.15, -0.1) is 0 Å². The van der Waals surface area contributed by atoms with Gasteiger partial charge in [0.2, 0.25) is 0 Å². The number of methoxy groups -OCH3 is 2. The van der Waals surface area contributed by atoms with Crippen LogP contribution in [0.25, 0.3) is 0 Å². The number of halogens is 1. The molecule has 2 aromatic carbocycles. The van der Waals surface area contributed by atoms with Gasteiger partial charge in [0.05, 0.1) is 20.3 Å². The molecular weight excluding hydrogens is 269 g/mol. The van der Waals surface area contributed by atoms with Gasteiger partial charge in [-0.05, 0) is 18.7 Å². The molecule has 21 heavy (non-hydrogen) atoms. The minimum absolute atomic E-state index is 0.241. The summed E-state index contributed by atoms with van der Waals surface area (Å²) in [5.41, 5.74) is 1.44. The molecule has 2 rings (SSSR count). The molecule has 0 aliphatic heterocycles. The van der Waals surface area contributed by atoms with Gasteiger partial charge in [0.25, 0.3) is 0 Å². The molecule has 0 fully saturated rings. The standard InChI is InChI=1S/C17H20FNO2/c1-4-19-17(12-8-5-6-10-14(12)20-2)13-9-7-11-15(21-3)16(13)18/h5-11,17,19H,4H2,1-3H3. The summed E-state index contributed by atoms with van der Waals surface area (Å²) in [6.45, 7) is 2.69. The van der Waals surface area contributed by atoms with Crippen molar-refractivity contribution in [3.63, 3.8) is 0 Å². The maximum Gasteiger partial charge on any atom is 0.170 e. The first-order valence-corrected chi connectivity index (χ1v) is 6.91. The van der Waals surface area contributed by atoms with Gasteiger partial charge < -0.3 is 14.8 Å². The van der Waals surface area contributed by atoms with Crippen molar-refractivity contribution in [3.05, 3.63) is 59.4 Å². The van der Waals surface area contributed by atoms with Crippen molar-refractivity contribution in [2.75, 3.05) is 20.8 Å². The smallest absolute Gasteiger partial charge is 0.170 e. The Morgan fingerprint density at radius 3 is 2.24 bits per heavy atom. The molecule has 0 saturated heterocycles. The van der Waals surface area contributed by atoms with Crippen LogP contribution in [0.5, 0.6) is 11.5 Å². The van der Waals surface area contributed by atoms with E-state index in [1.807, 2.05) is 31.2 Å². The monoisotopic (exact) mass is 289 g/mol. The lowest BCUT2D eigenvalue weighted by Gasteiger charge is -2.22. The van der Waals surface area contributed by atoms with Crippen molar-refractivity contribution in [3.8, 4) is 11.5 Å². The summed E-state index contributed by atoms with van der Waals surface area (Å²) >= 11 is 0. The summed E-state index contributed by atoms with van der Waals surface area (Å²) in [4.78, 5) is 0. The van der Waals surface area contributed by atoms with Crippen molar-refractivity contribution in [2.24, 2.45) is 0 Å². The van der Waals surface area contributed by atoms with E-state index >= 15 is 0 Å². The third-order valence-electron chi connectivity index (χ3n) is 3.38. The number of hydrogen-bond donors (Lipinski definition) is 1. The van der Waals surface area contributed by atoms with Crippen LogP contribution in [0, 0.1) is 5.82 Å². The Kier molecular flexibility index (Phi) is 5.17. The number of nitrogens with one attached hydrogen (secondary N) is 1. The number of ether oxygens (including phenoxy) is 2. The molecule has 0 aliphatic carbocycles. The summed E-state index contributed by atoms with van der Waals surface area (Å²) in [7, 11) is 3.08. The Balaban J connectivity index is 2.53. The molecule has 4 heteroatoms. The lowest BCUT2D eigenvalue weighted by Crippen LogP contribution is -2.23. The van der Waals surface area contributed by atoms with Crippen LogP contribution in [0.4, 0.5) is 4.39 Å². The van der Waals surface area contributed by atoms with Crippen LogP contribution in [0.2, 0.25) is 0 Å². The maximum absolute atomic E-state index is 14.6. The first-order valence-electron chi connectivity index (χ1n) is 6.91. The fourth-order valence-electron chi connectivity index (χ4n) is 2.40. The Hall–Kier alpha value is -2.07. The number of rotatable bonds is 6. The molecule has 3 nitrogen and oxygen atoms in total. The second kappa shape index (κ2) is 7.09. The van der Waals surface area contributed by atoms with E-state index in [0.717, 1.165) is 11.3 Å². The molecule has 0 amide bonds. The zero-order valence-electron chi connectivity index (χ0n) is 12.5. The van der Waals surface area contributed by atoms with E-state index in [9.17, 15) is 4.39 Å². The molecule has 0 aromatic heterocycles. The van der Waals surface area contributed by atoms with Gasteiger partial charge in [-0.2, -0.15) is 0 Å². The Morgan fingerprint density at radius 1 is 0.952 bits per heavy atom. The van der Waals surface area contributed by atoms with Crippen molar-refractivity contribution in [1.82, 2.24) is 5.32 Å². The molecule has 1 unspecified atom stereocenters. The van der Waals surface area contributed by atoms with Gasteiger partial charge in [-0.25, -0.2) is 4.39 Å². The Bertz CT molecular complexity index is 601. The first kappa shape index (κ1) is 15.3. The molecule has 0 bridgehead atoms. The van der Waals surface area contributed by atoms with Crippen molar-refractivity contribution >= 4 is 0 Å². The third kappa shape index (κ3) is 3.16. The normalized spacial score (nSPS) is 12.0. The predicted octanol–water partition coefficient (Wildman–Crippen LogP) is 3.54. The summed E-state index contributed by atoms with van der Waals surface area (Å²) in [5.74, 6) is 0.618. The third-order valence-corrected chi connectivity index (χ3v) is 3.38. The average Bonchev–Trinajstić information content (AvgIpc) is 2.53. The summed E-state index contributed by atoms with van der Waals surface area (Å²) < 4.78 is 25.0. The van der Waals surface area contributed by atoms with Gasteiger partial charge in [-0.3, -0.25) is 0 Å². The van der Waals surface area contributed by atoms with Crippen LogP contribution in [-0.2, 0) is 0 Å². The lowest BCUT2D eigenvalue weighted by molar-refractivity contribution is 0.379. The van der Waals surface area contributed by atoms with Crippen molar-refractivity contribution in [2.45, 2.75) is 13.0 Å². The van der Waals surface area contributed by atoms with Gasteiger partial charge >= 0.3 is 0 Å².